The Morgan fingerprint density at radius 2 is 1.83 bits per heavy atom. The van der Waals surface area contributed by atoms with Crippen LogP contribution in [-0.4, -0.2) is 18.5 Å². The molecule has 4 saturated carbocycles. The summed E-state index contributed by atoms with van der Waals surface area (Å²) in [5.41, 5.74) is 6.51. The van der Waals surface area contributed by atoms with Crippen LogP contribution in [0.3, 0.4) is 0 Å². The molecule has 2 aliphatic heterocycles. The Kier molecular flexibility index (Phi) is 7.09. The maximum atomic E-state index is 14.6. The summed E-state index contributed by atoms with van der Waals surface area (Å²) in [5.74, 6) is 2.67. The van der Waals surface area contributed by atoms with Crippen LogP contribution in [0.15, 0.2) is 66.5 Å². The molecule has 1 saturated heterocycles. The fourth-order valence-corrected chi connectivity index (χ4v) is 12.8. The minimum Gasteiger partial charge on any atom is -0.449 e. The van der Waals surface area contributed by atoms with E-state index in [-0.39, 0.29) is 23.3 Å². The Hall–Kier alpha value is -2.92. The smallest absolute Gasteiger partial charge is 0.339 e. The lowest BCUT2D eigenvalue weighted by atomic mass is 9.31. The second-order valence-corrected chi connectivity index (χ2v) is 16.4. The van der Waals surface area contributed by atoms with Gasteiger partial charge in [0.25, 0.3) is 0 Å². The highest BCUT2D eigenvalue weighted by Crippen LogP contribution is 2.84. The Labute approximate surface area is 280 Å². The molecule has 2 spiro atoms. The lowest BCUT2D eigenvalue weighted by Crippen LogP contribution is -2.75. The van der Waals surface area contributed by atoms with Crippen LogP contribution in [0.1, 0.15) is 118 Å². The summed E-state index contributed by atoms with van der Waals surface area (Å²) in [7, 11) is 0. The summed E-state index contributed by atoms with van der Waals surface area (Å²) in [4.78, 5) is 28.8. The second-order valence-electron chi connectivity index (χ2n) is 16.4. The van der Waals surface area contributed by atoms with Gasteiger partial charge in [-0.3, -0.25) is 4.79 Å². The molecule has 1 aromatic carbocycles. The van der Waals surface area contributed by atoms with E-state index in [9.17, 15) is 9.59 Å². The first-order valence-corrected chi connectivity index (χ1v) is 19.0. The zero-order valence-corrected chi connectivity index (χ0v) is 27.9. The lowest BCUT2D eigenvalue weighted by molar-refractivity contribution is -0.271. The number of allylic oxidation sites excluding steroid dienone is 6. The summed E-state index contributed by atoms with van der Waals surface area (Å²) in [6.07, 6.45) is 33.8. The summed E-state index contributed by atoms with van der Waals surface area (Å²) in [6.45, 7) is 0.580. The molecule has 248 valence electrons. The number of aryl methyl sites for hydroxylation is 1. The number of cyclic esters (lactones) is 1. The van der Waals surface area contributed by atoms with Gasteiger partial charge in [0.2, 0.25) is 0 Å². The SMILES string of the molecule is NCCCc1cccc2c1C(=O)O[C@@]21[C@@H](CCC2CCCCC2)[C@]23C=CCC[C@]12/C(=C/[C@@H]1CC[C@@H]2CC[C@@H]4C=CC=C[C@@]24C1)OC3=O. The Morgan fingerprint density at radius 3 is 2.70 bits per heavy atom. The Balaban J connectivity index is 1.17. The van der Waals surface area contributed by atoms with Crippen molar-refractivity contribution in [3.63, 3.8) is 0 Å². The number of esters is 2. The molecule has 47 heavy (non-hydrogen) atoms. The topological polar surface area (TPSA) is 78.6 Å². The molecular formula is C42H51NO4. The van der Waals surface area contributed by atoms with Gasteiger partial charge < -0.3 is 15.2 Å². The predicted molar refractivity (Wildman–Crippen MR) is 182 cm³/mol. The van der Waals surface area contributed by atoms with Gasteiger partial charge in [-0.1, -0.05) is 86.8 Å². The number of carbonyl (C=O) groups excluding carboxylic acids is 2. The molecule has 9 rings (SSSR count). The van der Waals surface area contributed by atoms with Crippen molar-refractivity contribution in [2.75, 3.05) is 6.54 Å². The molecule has 5 nitrogen and oxygen atoms in total. The van der Waals surface area contributed by atoms with Crippen molar-refractivity contribution in [2.45, 2.75) is 108 Å². The fourth-order valence-electron chi connectivity index (χ4n) is 12.8. The van der Waals surface area contributed by atoms with E-state index in [0.29, 0.717) is 24.3 Å². The highest BCUT2D eigenvalue weighted by Gasteiger charge is 2.90. The average Bonchev–Trinajstić information content (AvgIpc) is 3.71. The van der Waals surface area contributed by atoms with Crippen LogP contribution >= 0.6 is 0 Å². The number of carbonyl (C=O) groups is 2. The molecule has 2 N–H and O–H groups in total. The standard InChI is InChI=1S/C42H51NO4/c43-25-9-13-30-12-8-15-33-36(30)37(44)47-42(33)34(21-17-28-10-2-1-3-11-28)40-23-6-7-24-41(40,42)35(46-38(40)45)26-29-16-18-32-20-19-31-14-4-5-22-39(31,32)27-29/h4-6,8,12,14-15,22-23,26,28-29,31-32,34H,1-3,7,9-11,13,16-21,24-25,27,43H2/b35-26-/t29-,31-,32+,34-,39-,40-,41+,42+/m0/s1. The molecule has 0 bridgehead atoms. The molecule has 0 aromatic heterocycles. The summed E-state index contributed by atoms with van der Waals surface area (Å²) in [6, 6.07) is 6.32. The van der Waals surface area contributed by atoms with Gasteiger partial charge >= 0.3 is 11.9 Å². The molecule has 6 aliphatic carbocycles. The van der Waals surface area contributed by atoms with E-state index in [2.05, 4.69) is 60.7 Å². The molecule has 0 radical (unpaired) electrons. The maximum absolute atomic E-state index is 14.6. The van der Waals surface area contributed by atoms with E-state index in [1.165, 1.54) is 51.4 Å². The fraction of sp³-hybridized carbons (Fsp3) is 0.619. The van der Waals surface area contributed by atoms with Gasteiger partial charge in [-0.05, 0) is 118 Å². The number of nitrogens with two attached hydrogens (primary N) is 1. The van der Waals surface area contributed by atoms with Gasteiger partial charge in [0.1, 0.15) is 11.2 Å². The number of ether oxygens (including phenoxy) is 2. The first-order chi connectivity index (χ1) is 23.0. The van der Waals surface area contributed by atoms with Crippen LogP contribution < -0.4 is 5.73 Å². The molecule has 2 heterocycles. The number of rotatable bonds is 7. The molecule has 8 atom stereocenters. The first kappa shape index (κ1) is 30.2. The average molecular weight is 634 g/mol. The van der Waals surface area contributed by atoms with Crippen molar-refractivity contribution < 1.29 is 19.1 Å². The van der Waals surface area contributed by atoms with Gasteiger partial charge in [0, 0.05) is 11.5 Å². The van der Waals surface area contributed by atoms with Crippen LogP contribution in [-0.2, 0) is 26.3 Å². The highest BCUT2D eigenvalue weighted by atomic mass is 16.6. The van der Waals surface area contributed by atoms with Crippen LogP contribution in [0.5, 0.6) is 0 Å². The van der Waals surface area contributed by atoms with Gasteiger partial charge in [-0.15, -0.1) is 0 Å². The maximum Gasteiger partial charge on any atom is 0.339 e. The van der Waals surface area contributed by atoms with Gasteiger partial charge in [-0.25, -0.2) is 4.79 Å². The van der Waals surface area contributed by atoms with Crippen molar-refractivity contribution in [1.82, 2.24) is 0 Å². The highest BCUT2D eigenvalue weighted by molar-refractivity contribution is 5.99. The van der Waals surface area contributed by atoms with Crippen LogP contribution in [0, 0.1) is 45.8 Å². The minimum atomic E-state index is -0.894. The number of hydrogen-bond acceptors (Lipinski definition) is 5. The molecule has 0 unspecified atom stereocenters. The van der Waals surface area contributed by atoms with E-state index in [0.717, 1.165) is 79.7 Å². The molecule has 5 fully saturated rings. The molecule has 0 amide bonds. The van der Waals surface area contributed by atoms with Gasteiger partial charge in [0.15, 0.2) is 5.60 Å². The third kappa shape index (κ3) is 3.87. The van der Waals surface area contributed by atoms with E-state index in [1.807, 2.05) is 0 Å². The summed E-state index contributed by atoms with van der Waals surface area (Å²) < 4.78 is 13.5. The van der Waals surface area contributed by atoms with Crippen molar-refractivity contribution in [3.05, 3.63) is 83.2 Å². The lowest BCUT2D eigenvalue weighted by Gasteiger charge is -2.68. The third-order valence-electron chi connectivity index (χ3n) is 14.7. The molecule has 8 aliphatic rings. The van der Waals surface area contributed by atoms with Crippen molar-refractivity contribution in [1.29, 1.82) is 0 Å². The van der Waals surface area contributed by atoms with E-state index in [4.69, 9.17) is 15.2 Å². The molecule has 1 aromatic rings. The first-order valence-electron chi connectivity index (χ1n) is 19.0. The van der Waals surface area contributed by atoms with E-state index in [1.54, 1.807) is 0 Å². The van der Waals surface area contributed by atoms with Gasteiger partial charge in [-0.2, -0.15) is 0 Å². The van der Waals surface area contributed by atoms with E-state index >= 15 is 0 Å². The van der Waals surface area contributed by atoms with Crippen LogP contribution in [0.25, 0.3) is 0 Å². The summed E-state index contributed by atoms with van der Waals surface area (Å²) in [5, 5.41) is 0. The number of hydrogen-bond donors (Lipinski definition) is 1. The van der Waals surface area contributed by atoms with Crippen LogP contribution in [0.4, 0.5) is 0 Å². The largest absolute Gasteiger partial charge is 0.449 e. The summed E-state index contributed by atoms with van der Waals surface area (Å²) >= 11 is 0. The normalized spacial score (nSPS) is 42.0. The molecular weight excluding hydrogens is 582 g/mol. The van der Waals surface area contributed by atoms with Gasteiger partial charge in [0.05, 0.1) is 11.0 Å². The Bertz CT molecular complexity index is 1600. The van der Waals surface area contributed by atoms with E-state index < -0.39 is 16.4 Å². The van der Waals surface area contributed by atoms with Crippen molar-refractivity contribution >= 4 is 11.9 Å². The zero-order chi connectivity index (χ0) is 31.9. The Morgan fingerprint density at radius 1 is 0.957 bits per heavy atom. The number of fused-ring (bicyclic) bond motifs is 2. The zero-order valence-electron chi connectivity index (χ0n) is 27.9. The number of benzene rings is 1. The van der Waals surface area contributed by atoms with Crippen molar-refractivity contribution in [3.8, 4) is 0 Å². The second kappa shape index (κ2) is 11.1. The minimum absolute atomic E-state index is 0.117. The molecule has 5 heteroatoms. The quantitative estimate of drug-likeness (QED) is 0.240. The predicted octanol–water partition coefficient (Wildman–Crippen LogP) is 8.64. The van der Waals surface area contributed by atoms with Crippen LogP contribution in [0.2, 0.25) is 0 Å². The monoisotopic (exact) mass is 633 g/mol. The third-order valence-corrected chi connectivity index (χ3v) is 14.7. The van der Waals surface area contributed by atoms with Crippen molar-refractivity contribution in [2.24, 2.45) is 51.6 Å².